The van der Waals surface area contributed by atoms with E-state index in [0.717, 1.165) is 71.1 Å². The summed E-state index contributed by atoms with van der Waals surface area (Å²) in [5, 5.41) is 14.9. The second-order valence-electron chi connectivity index (χ2n) is 29.1. The molecule has 5 fully saturated rings. The standard InChI is InChI=1S/C26H52O12.C18H26F3NO5S.C14H32O3Si2.C10H22O4.C4H9NO/c1-4-25(2)26(27)38-24-23-37-22-21-36-20-19-35-18-17-34-16-15-33-14-13-32-12-11-31-10-9-30-8-7-29-6-5-28-3;1-4-15(2,3)14(24)27-17-8-11-5-12(9-17)7-16(6-11,10-17)13(23)22-28(25,26)18(19,20)21;1-9-14(2,3)13(15)16-11-10-12-19(7,8)17-18(4,5)6;1-3-4-12-7-8-14-10-9-13-6-5-11-2;1-3-6-4-2-5-1/h25H,4-24H2,1-3H3;11-12H,4-10H2,1-3H3,(H,22,23);9-12H2,1-8H3;3-10H2,1-2H3;5H,1-4H2. The van der Waals surface area contributed by atoms with Crippen LogP contribution in [-0.4, -0.2) is 285 Å². The van der Waals surface area contributed by atoms with Gasteiger partial charge in [-0.15, -0.1) is 0 Å². The van der Waals surface area contributed by atoms with Crippen LogP contribution < -0.4 is 10.4 Å². The first kappa shape index (κ1) is 102. The monoisotopic (exact) mass is 1580 g/mol. The van der Waals surface area contributed by atoms with Crippen molar-refractivity contribution in [3.63, 3.8) is 0 Å². The van der Waals surface area contributed by atoms with Crippen molar-refractivity contribution in [2.45, 2.75) is 183 Å². The highest BCUT2D eigenvalue weighted by molar-refractivity contribution is 7.91. The van der Waals surface area contributed by atoms with Gasteiger partial charge in [-0.25, -0.2) is 0 Å². The van der Waals surface area contributed by atoms with Crippen LogP contribution in [0.3, 0.4) is 0 Å². The molecule has 105 heavy (non-hydrogen) atoms. The number of ether oxygens (including phenoxy) is 18. The lowest BCUT2D eigenvalue weighted by Gasteiger charge is -2.62. The van der Waals surface area contributed by atoms with Crippen LogP contribution in [0.5, 0.6) is 0 Å². The van der Waals surface area contributed by atoms with Crippen molar-refractivity contribution >= 4 is 50.5 Å². The quantitative estimate of drug-likeness (QED) is 0.0149. The van der Waals surface area contributed by atoms with Crippen molar-refractivity contribution in [1.82, 2.24) is 0 Å². The number of esters is 3. The first-order chi connectivity index (χ1) is 49.7. The second kappa shape index (κ2) is 59.2. The van der Waals surface area contributed by atoms with Gasteiger partial charge in [0.2, 0.25) is 0 Å². The van der Waals surface area contributed by atoms with Gasteiger partial charge in [0, 0.05) is 26.2 Å². The van der Waals surface area contributed by atoms with Crippen molar-refractivity contribution in [3.8, 4) is 0 Å². The maximum atomic E-state index is 12.7. The number of halogens is 3. The summed E-state index contributed by atoms with van der Waals surface area (Å²) in [7, 11) is -5.64. The lowest BCUT2D eigenvalue weighted by atomic mass is 9.47. The number of quaternary nitrogens is 1. The lowest BCUT2D eigenvalue weighted by Crippen LogP contribution is -2.87. The van der Waals surface area contributed by atoms with E-state index < -0.39 is 60.5 Å². The first-order valence-electron chi connectivity index (χ1n) is 37.8. The highest BCUT2D eigenvalue weighted by Crippen LogP contribution is 2.63. The molecule has 2 N–H and O–H groups in total. The third-order valence-electron chi connectivity index (χ3n) is 17.2. The molecule has 1 heterocycles. The minimum absolute atomic E-state index is 0.00605. The number of morpholine rings is 1. The second-order valence-corrected chi connectivity index (χ2v) is 39.8. The van der Waals surface area contributed by atoms with Crippen LogP contribution in [0, 0.1) is 34.0 Å². The number of rotatable bonds is 56. The van der Waals surface area contributed by atoms with Gasteiger partial charge >= 0.3 is 33.4 Å². The molecule has 4 aliphatic carbocycles. The lowest BCUT2D eigenvalue weighted by molar-refractivity contribution is -0.670. The number of carbonyl (C=O) groups is 3. The molecule has 0 aromatic rings. The molecule has 4 saturated carbocycles. The molecule has 1 saturated heterocycles. The summed E-state index contributed by atoms with van der Waals surface area (Å²) in [6.07, 6.45) is 6.62. The van der Waals surface area contributed by atoms with Crippen molar-refractivity contribution in [1.29, 1.82) is 0 Å². The first-order valence-corrected chi connectivity index (χ1v) is 45.8. The van der Waals surface area contributed by atoms with E-state index in [1.54, 1.807) is 28.1 Å². The minimum atomic E-state index is -5.89. The summed E-state index contributed by atoms with van der Waals surface area (Å²) >= 11 is 0. The van der Waals surface area contributed by atoms with Gasteiger partial charge in [-0.1, -0.05) is 34.6 Å². The summed E-state index contributed by atoms with van der Waals surface area (Å²) in [6.45, 7) is 47.6. The SMILES string of the molecule is C1COCC[NH2+]1.CCC(C)(C)C(=O)OC12CC3CC(C1)CC(C([O-])=NS(=O)(=O)C(F)(F)F)(C3)C2.CCC(C)(C)C(=O)OCCC[Si](C)(C)O[Si](C)(C)C.CCC(C)C(=O)OCCOCCOCCOCCOCCOCCOCCOCCOCCOCCOC.CCCOCCOCCOCCOC. The zero-order valence-electron chi connectivity index (χ0n) is 67.1. The topological polar surface area (TPSA) is 313 Å². The van der Waals surface area contributed by atoms with E-state index in [1.165, 1.54) is 0 Å². The number of nitrogens with zero attached hydrogens (tertiary/aromatic N) is 1. The average molecular weight is 1580 g/mol. The Balaban J connectivity index is 0.00000141. The maximum Gasteiger partial charge on any atom is 0.518 e. The van der Waals surface area contributed by atoms with E-state index in [1.807, 2.05) is 41.5 Å². The third-order valence-corrected chi connectivity index (χ3v) is 24.4. The Labute approximate surface area is 630 Å². The van der Waals surface area contributed by atoms with Gasteiger partial charge in [0.25, 0.3) is 0 Å². The molecule has 3 atom stereocenters. The fraction of sp³-hybridized carbons (Fsp3) is 0.944. The Morgan fingerprint density at radius 3 is 1.22 bits per heavy atom. The van der Waals surface area contributed by atoms with Crippen LogP contribution in [0.4, 0.5) is 13.2 Å². The van der Waals surface area contributed by atoms with E-state index in [-0.39, 0.29) is 61.0 Å². The van der Waals surface area contributed by atoms with Crippen LogP contribution in [0.15, 0.2) is 4.40 Å². The van der Waals surface area contributed by atoms with Gasteiger partial charge in [0.1, 0.15) is 12.2 Å². The smallest absolute Gasteiger partial charge is 0.518 e. The van der Waals surface area contributed by atoms with Crippen LogP contribution >= 0.6 is 0 Å². The van der Waals surface area contributed by atoms with E-state index in [9.17, 15) is 41.1 Å². The molecule has 4 bridgehead atoms. The zero-order chi connectivity index (χ0) is 79.0. The summed E-state index contributed by atoms with van der Waals surface area (Å²) in [5.74, 6) is -1.98. The molecule has 33 heteroatoms. The van der Waals surface area contributed by atoms with Crippen LogP contribution in [0.2, 0.25) is 38.8 Å². The van der Waals surface area contributed by atoms with Crippen LogP contribution in [0.1, 0.15) is 133 Å². The van der Waals surface area contributed by atoms with E-state index >= 15 is 0 Å². The fourth-order valence-corrected chi connectivity index (χ4v) is 19.6. The molecule has 1 aliphatic heterocycles. The van der Waals surface area contributed by atoms with Gasteiger partial charge in [0.15, 0.2) is 16.6 Å². The molecular weight excluding hydrogens is 1440 g/mol. The molecule has 624 valence electrons. The Hall–Kier alpha value is -2.63. The predicted molar refractivity (Wildman–Crippen MR) is 396 cm³/mol. The van der Waals surface area contributed by atoms with Crippen LogP contribution in [0.25, 0.3) is 0 Å². The Morgan fingerprint density at radius 1 is 0.543 bits per heavy atom. The molecule has 27 nitrogen and oxygen atoms in total. The molecule has 0 spiro atoms. The maximum absolute atomic E-state index is 12.7. The van der Waals surface area contributed by atoms with Gasteiger partial charge in [-0.05, 0) is 155 Å². The summed E-state index contributed by atoms with van der Waals surface area (Å²) in [6, 6.07) is 1.05. The van der Waals surface area contributed by atoms with Gasteiger partial charge in [-0.2, -0.15) is 26.0 Å². The third kappa shape index (κ3) is 51.5. The molecule has 5 aliphatic rings. The van der Waals surface area contributed by atoms with Gasteiger partial charge in [-0.3, -0.25) is 14.4 Å². The van der Waals surface area contributed by atoms with Crippen molar-refractivity contribution in [2.75, 3.05) is 226 Å². The number of methoxy groups -OCH3 is 2. The Morgan fingerprint density at radius 2 is 0.905 bits per heavy atom. The summed E-state index contributed by atoms with van der Waals surface area (Å²) < 4.78 is 165. The molecular formula is C72H141F3N2O25SSi2. The number of sulfonamides is 1. The highest BCUT2D eigenvalue weighted by Gasteiger charge is 2.61. The molecule has 0 aromatic heterocycles. The number of carbonyl (C=O) groups excluding carboxylic acids is 3. The normalized spacial score (nSPS) is 19.2. The fourth-order valence-electron chi connectivity index (χ4n) is 11.1. The van der Waals surface area contributed by atoms with Crippen molar-refractivity contribution in [2.24, 2.45) is 38.4 Å². The van der Waals surface area contributed by atoms with Gasteiger partial charge in [0.05, 0.1) is 215 Å². The van der Waals surface area contributed by atoms with E-state index in [4.69, 9.17) is 89.4 Å². The van der Waals surface area contributed by atoms with Crippen molar-refractivity contribution < 1.29 is 136 Å². The molecule has 0 aromatic carbocycles. The highest BCUT2D eigenvalue weighted by atomic mass is 32.2. The van der Waals surface area contributed by atoms with E-state index in [0.29, 0.717) is 191 Å². The zero-order valence-corrected chi connectivity index (χ0v) is 69.9. The number of alkyl halides is 3. The number of hydrogen-bond donors (Lipinski definition) is 1. The molecule has 0 amide bonds. The minimum Gasteiger partial charge on any atom is -0.861 e. The number of nitrogens with two attached hydrogens (primary N) is 1. The van der Waals surface area contributed by atoms with Gasteiger partial charge < -0.3 is 99.8 Å². The summed E-state index contributed by atoms with van der Waals surface area (Å²) in [5.41, 5.74) is -8.92. The summed E-state index contributed by atoms with van der Waals surface area (Å²) in [4.78, 5) is 35.9. The molecule has 3 unspecified atom stereocenters. The molecule has 0 radical (unpaired) electrons. The number of hydrogen-bond acceptors (Lipinski definition) is 25. The largest absolute Gasteiger partial charge is 0.861 e. The Kier molecular flexibility index (Phi) is 57.7. The Bertz CT molecular complexity index is 2290. The predicted octanol–water partition coefficient (Wildman–Crippen LogP) is 8.37. The van der Waals surface area contributed by atoms with E-state index in [2.05, 4.69) is 49.4 Å². The average Bonchev–Trinajstić information content (AvgIpc) is 0.715. The van der Waals surface area contributed by atoms with Crippen LogP contribution in [-0.2, 0) is 114 Å². The van der Waals surface area contributed by atoms with Crippen molar-refractivity contribution in [3.05, 3.63) is 0 Å². The molecule has 5 rings (SSSR count).